The van der Waals surface area contributed by atoms with Crippen LogP contribution in [0, 0.1) is 5.82 Å². The van der Waals surface area contributed by atoms with Crippen molar-refractivity contribution in [1.29, 1.82) is 0 Å². The molecule has 10 nitrogen and oxygen atoms in total. The number of ether oxygens (including phenoxy) is 1. The number of hydrogen-bond acceptors (Lipinski definition) is 6. The molecule has 1 aromatic heterocycles. The molecule has 2 aliphatic rings. The van der Waals surface area contributed by atoms with Crippen molar-refractivity contribution < 1.29 is 23.5 Å². The van der Waals surface area contributed by atoms with E-state index >= 15 is 0 Å². The number of aromatic nitrogens is 2. The number of carbonyl (C=O) groups is 3. The van der Waals surface area contributed by atoms with Crippen LogP contribution in [0.2, 0.25) is 0 Å². The summed E-state index contributed by atoms with van der Waals surface area (Å²) in [5.74, 6) is -1.59. The number of carbonyl (C=O) groups excluding carboxylic acids is 3. The molecule has 2 aliphatic heterocycles. The lowest BCUT2D eigenvalue weighted by Crippen LogP contribution is -2.48. The van der Waals surface area contributed by atoms with Crippen molar-refractivity contribution in [3.8, 4) is 5.75 Å². The number of amides is 3. The molecule has 11 heteroatoms. The van der Waals surface area contributed by atoms with E-state index < -0.39 is 29.7 Å². The second-order valence-electron chi connectivity index (χ2n) is 9.17. The van der Waals surface area contributed by atoms with Crippen molar-refractivity contribution in [2.24, 2.45) is 7.05 Å². The minimum absolute atomic E-state index is 0.0292. The van der Waals surface area contributed by atoms with E-state index in [2.05, 4.69) is 15.7 Å². The Labute approximate surface area is 211 Å². The first-order valence-electron chi connectivity index (χ1n) is 12.1. The zero-order valence-electron chi connectivity index (χ0n) is 20.2. The smallest absolute Gasteiger partial charge is 0.275 e. The van der Waals surface area contributed by atoms with Crippen LogP contribution in [0.4, 0.5) is 4.39 Å². The fourth-order valence-corrected chi connectivity index (χ4v) is 5.02. The van der Waals surface area contributed by atoms with Gasteiger partial charge in [0.05, 0.1) is 17.5 Å². The number of nitrogens with one attached hydrogen (secondary N) is 2. The molecule has 192 valence electrons. The summed E-state index contributed by atoms with van der Waals surface area (Å²) in [6.45, 7) is 0.345. The quantitative estimate of drug-likeness (QED) is 0.513. The van der Waals surface area contributed by atoms with E-state index in [1.165, 1.54) is 19.2 Å². The van der Waals surface area contributed by atoms with Gasteiger partial charge in [-0.25, -0.2) is 9.07 Å². The Morgan fingerprint density at radius 3 is 2.62 bits per heavy atom. The summed E-state index contributed by atoms with van der Waals surface area (Å²) >= 11 is 0. The summed E-state index contributed by atoms with van der Waals surface area (Å²) < 4.78 is 20.7. The first-order valence-corrected chi connectivity index (χ1v) is 12.1. The van der Waals surface area contributed by atoms with Crippen LogP contribution < -0.4 is 20.9 Å². The van der Waals surface area contributed by atoms with Crippen molar-refractivity contribution in [1.82, 2.24) is 25.3 Å². The molecule has 2 aromatic carbocycles. The van der Waals surface area contributed by atoms with Gasteiger partial charge in [-0.3, -0.25) is 19.2 Å². The molecule has 1 fully saturated rings. The molecular weight excluding hydrogens is 481 g/mol. The summed E-state index contributed by atoms with van der Waals surface area (Å²) in [6, 6.07) is 9.54. The molecule has 2 atom stereocenters. The van der Waals surface area contributed by atoms with Gasteiger partial charge >= 0.3 is 0 Å². The topological polar surface area (TPSA) is 123 Å². The van der Waals surface area contributed by atoms with Crippen molar-refractivity contribution in [3.63, 3.8) is 0 Å². The van der Waals surface area contributed by atoms with Crippen molar-refractivity contribution in [2.75, 3.05) is 19.7 Å². The Balaban J connectivity index is 1.51. The Hall–Kier alpha value is -4.28. The lowest BCUT2D eigenvalue weighted by Gasteiger charge is -2.31. The molecule has 0 saturated carbocycles. The molecule has 0 unspecified atom stereocenters. The van der Waals surface area contributed by atoms with Crippen molar-refractivity contribution in [3.05, 3.63) is 69.9 Å². The van der Waals surface area contributed by atoms with Gasteiger partial charge in [0.25, 0.3) is 17.4 Å². The first-order chi connectivity index (χ1) is 17.8. The molecule has 3 heterocycles. The van der Waals surface area contributed by atoms with Gasteiger partial charge in [-0.15, -0.1) is 0 Å². The normalized spacial score (nSPS) is 20.4. The maximum absolute atomic E-state index is 13.9. The highest BCUT2D eigenvalue weighted by molar-refractivity contribution is 6.05. The average molecular weight is 508 g/mol. The number of aryl methyl sites for hydroxylation is 1. The average Bonchev–Trinajstić information content (AvgIpc) is 3.29. The summed E-state index contributed by atoms with van der Waals surface area (Å²) in [7, 11) is 1.48. The fraction of sp³-hybridized carbons (Fsp3) is 0.346. The Bertz CT molecular complexity index is 1460. The molecule has 5 rings (SSSR count). The monoisotopic (exact) mass is 507 g/mol. The number of halogens is 1. The van der Waals surface area contributed by atoms with Gasteiger partial charge in [-0.2, -0.15) is 5.10 Å². The minimum Gasteiger partial charge on any atom is -0.491 e. The Morgan fingerprint density at radius 2 is 1.81 bits per heavy atom. The number of benzene rings is 2. The zero-order chi connectivity index (χ0) is 26.1. The summed E-state index contributed by atoms with van der Waals surface area (Å²) in [5, 5.41) is 10.6. The predicted octanol–water partition coefficient (Wildman–Crippen LogP) is 1.37. The third kappa shape index (κ3) is 4.76. The SMILES string of the molecule is Cn1nc(C(=O)N2[C@@H]3CC[C@H]2CC(=O)NCCOc2ccc(F)cc2C(=O)NC3)c2ccccc2c1=O. The van der Waals surface area contributed by atoms with E-state index in [-0.39, 0.29) is 54.6 Å². The molecule has 0 aliphatic carbocycles. The van der Waals surface area contributed by atoms with Gasteiger partial charge < -0.3 is 20.3 Å². The lowest BCUT2D eigenvalue weighted by atomic mass is 10.1. The van der Waals surface area contributed by atoms with Crippen LogP contribution in [-0.2, 0) is 11.8 Å². The van der Waals surface area contributed by atoms with E-state index in [0.717, 1.165) is 10.7 Å². The number of fused-ring (bicyclic) bond motifs is 4. The van der Waals surface area contributed by atoms with Crippen LogP contribution >= 0.6 is 0 Å². The number of rotatable bonds is 1. The van der Waals surface area contributed by atoms with Gasteiger partial charge in [-0.1, -0.05) is 18.2 Å². The minimum atomic E-state index is -0.586. The largest absolute Gasteiger partial charge is 0.491 e. The zero-order valence-corrected chi connectivity index (χ0v) is 20.2. The molecule has 0 radical (unpaired) electrons. The molecule has 3 aromatic rings. The van der Waals surface area contributed by atoms with Crippen LogP contribution in [0.15, 0.2) is 47.3 Å². The third-order valence-electron chi connectivity index (χ3n) is 6.80. The van der Waals surface area contributed by atoms with E-state index in [4.69, 9.17) is 4.74 Å². The van der Waals surface area contributed by atoms with Crippen LogP contribution in [0.3, 0.4) is 0 Å². The van der Waals surface area contributed by atoms with E-state index in [1.54, 1.807) is 29.2 Å². The molecule has 2 N–H and O–H groups in total. The van der Waals surface area contributed by atoms with Crippen LogP contribution in [-0.4, -0.2) is 64.2 Å². The molecule has 2 bridgehead atoms. The Kier molecular flexibility index (Phi) is 6.60. The summed E-state index contributed by atoms with van der Waals surface area (Å²) in [5.41, 5.74) is -0.194. The Morgan fingerprint density at radius 1 is 1.05 bits per heavy atom. The molecule has 3 amide bonds. The van der Waals surface area contributed by atoms with Gasteiger partial charge in [0, 0.05) is 37.5 Å². The molecule has 37 heavy (non-hydrogen) atoms. The highest BCUT2D eigenvalue weighted by atomic mass is 19.1. The third-order valence-corrected chi connectivity index (χ3v) is 6.80. The second kappa shape index (κ2) is 10.00. The van der Waals surface area contributed by atoms with E-state index in [0.29, 0.717) is 23.6 Å². The first kappa shape index (κ1) is 24.4. The van der Waals surface area contributed by atoms with Crippen molar-refractivity contribution >= 4 is 28.5 Å². The standard InChI is InChI=1S/C26H26FN5O5/c1-31-25(35)19-5-3-2-4-18(19)23(30-31)26(36)32-16-7-8-17(32)14-29-24(34)20-12-15(27)6-9-21(20)37-11-10-28-22(33)13-16/h2-6,9,12,16-17H,7-8,10-11,13-14H2,1H3,(H,28,33)(H,29,34)/t16-,17+/m0/s1. The van der Waals surface area contributed by atoms with Gasteiger partial charge in [0.2, 0.25) is 5.91 Å². The second-order valence-corrected chi connectivity index (χ2v) is 9.17. The highest BCUT2D eigenvalue weighted by Crippen LogP contribution is 2.30. The number of nitrogens with zero attached hydrogens (tertiary/aromatic N) is 3. The maximum atomic E-state index is 13.9. The summed E-state index contributed by atoms with van der Waals surface area (Å²) in [6.07, 6.45) is 1.16. The maximum Gasteiger partial charge on any atom is 0.275 e. The number of hydrogen-bond donors (Lipinski definition) is 2. The molecule has 1 saturated heterocycles. The van der Waals surface area contributed by atoms with E-state index in [9.17, 15) is 23.6 Å². The van der Waals surface area contributed by atoms with E-state index in [1.807, 2.05) is 0 Å². The highest BCUT2D eigenvalue weighted by Gasteiger charge is 2.40. The fourth-order valence-electron chi connectivity index (χ4n) is 5.02. The van der Waals surface area contributed by atoms with Crippen LogP contribution in [0.25, 0.3) is 10.8 Å². The van der Waals surface area contributed by atoms with Gasteiger partial charge in [-0.05, 0) is 37.1 Å². The van der Waals surface area contributed by atoms with Crippen molar-refractivity contribution in [2.45, 2.75) is 31.3 Å². The molecule has 0 spiro atoms. The van der Waals surface area contributed by atoms with Crippen LogP contribution in [0.5, 0.6) is 5.75 Å². The molecular formula is C26H26FN5O5. The predicted molar refractivity (Wildman–Crippen MR) is 132 cm³/mol. The van der Waals surface area contributed by atoms with Crippen LogP contribution in [0.1, 0.15) is 40.1 Å². The summed E-state index contributed by atoms with van der Waals surface area (Å²) in [4.78, 5) is 53.8. The lowest BCUT2D eigenvalue weighted by molar-refractivity contribution is -0.122. The van der Waals surface area contributed by atoms with Gasteiger partial charge in [0.1, 0.15) is 18.2 Å². The van der Waals surface area contributed by atoms with Gasteiger partial charge in [0.15, 0.2) is 5.69 Å².